The van der Waals surface area contributed by atoms with Crippen molar-refractivity contribution in [3.63, 3.8) is 0 Å². The molecule has 0 saturated carbocycles. The Balaban J connectivity index is 0.000000621. The van der Waals surface area contributed by atoms with E-state index in [0.29, 0.717) is 0 Å². The van der Waals surface area contributed by atoms with Gasteiger partial charge in [-0.05, 0) is 0 Å². The van der Waals surface area contributed by atoms with Gasteiger partial charge < -0.3 is 30.5 Å². The fourth-order valence-corrected chi connectivity index (χ4v) is 1.49. The van der Waals surface area contributed by atoms with E-state index in [-0.39, 0.29) is 0 Å². The highest BCUT2D eigenvalue weighted by Crippen LogP contribution is 2.19. The summed E-state index contributed by atoms with van der Waals surface area (Å²) in [6.07, 6.45) is -5.24. The van der Waals surface area contributed by atoms with E-state index in [1.165, 1.54) is 6.92 Å². The van der Waals surface area contributed by atoms with Crippen LogP contribution in [-0.2, 0) is 19.9 Å². The molecule has 7 N–H and O–H groups in total. The highest BCUT2D eigenvalue weighted by Gasteiger charge is 2.43. The molecule has 0 aliphatic carbocycles. The fraction of sp³-hybridized carbons (Fsp3) is 0.875. The van der Waals surface area contributed by atoms with Crippen molar-refractivity contribution < 1.29 is 47.5 Å². The maximum absolute atomic E-state index is 10.7. The van der Waals surface area contributed by atoms with Crippen molar-refractivity contribution in [3.8, 4) is 0 Å². The van der Waals surface area contributed by atoms with Gasteiger partial charge in [0.2, 0.25) is 5.91 Å². The number of nitrogens with one attached hydrogen (secondary N) is 1. The van der Waals surface area contributed by atoms with Crippen LogP contribution in [0.3, 0.4) is 0 Å². The third-order valence-corrected chi connectivity index (χ3v) is 2.27. The lowest BCUT2D eigenvalue weighted by atomic mass is 9.97. The van der Waals surface area contributed by atoms with Gasteiger partial charge in [0.1, 0.15) is 24.4 Å². The molecule has 0 bridgehead atoms. The molecule has 1 heterocycles. The molecule has 1 aliphatic rings. The third-order valence-electron chi connectivity index (χ3n) is 2.27. The van der Waals surface area contributed by atoms with Crippen molar-refractivity contribution in [3.05, 3.63) is 0 Å². The average Bonchev–Trinajstić information content (AvgIpc) is 2.27. The predicted octanol–water partition coefficient (Wildman–Crippen LogP) is -3.73. The van der Waals surface area contributed by atoms with Gasteiger partial charge in [0.05, 0.1) is 6.61 Å². The van der Waals surface area contributed by atoms with E-state index in [1.807, 2.05) is 0 Å². The summed E-state index contributed by atoms with van der Waals surface area (Å²) in [5, 5.41) is 39.4. The van der Waals surface area contributed by atoms with Gasteiger partial charge >= 0.3 is 10.4 Å². The second-order valence-electron chi connectivity index (χ2n) is 3.90. The smallest absolute Gasteiger partial charge is 0.394 e. The fourth-order valence-electron chi connectivity index (χ4n) is 1.49. The molecule has 0 spiro atoms. The Morgan fingerprint density at radius 1 is 1.20 bits per heavy atom. The Morgan fingerprint density at radius 2 is 1.65 bits per heavy atom. The lowest BCUT2D eigenvalue weighted by Crippen LogP contribution is -2.63. The number of carbonyl (C=O) groups is 1. The molecule has 0 radical (unpaired) electrons. The minimum Gasteiger partial charge on any atom is -0.394 e. The van der Waals surface area contributed by atoms with Gasteiger partial charge in [-0.3, -0.25) is 13.9 Å². The van der Waals surface area contributed by atoms with Crippen LogP contribution in [0.5, 0.6) is 0 Å². The number of aliphatic hydroxyl groups excluding tert-OH is 4. The summed E-state index contributed by atoms with van der Waals surface area (Å²) in [7, 11) is -4.67. The van der Waals surface area contributed by atoms with Crippen molar-refractivity contribution >= 4 is 16.3 Å². The second-order valence-corrected chi connectivity index (χ2v) is 4.80. The molecule has 1 saturated heterocycles. The largest absolute Gasteiger partial charge is 0.394 e. The lowest BCUT2D eigenvalue weighted by Gasteiger charge is -2.40. The van der Waals surface area contributed by atoms with Gasteiger partial charge in [0.25, 0.3) is 0 Å². The maximum Gasteiger partial charge on any atom is 0.394 e. The third kappa shape index (κ3) is 7.06. The van der Waals surface area contributed by atoms with E-state index in [9.17, 15) is 20.1 Å². The molecule has 1 rings (SSSR count). The zero-order valence-electron chi connectivity index (χ0n) is 10.3. The zero-order valence-corrected chi connectivity index (χ0v) is 11.1. The van der Waals surface area contributed by atoms with Crippen LogP contribution < -0.4 is 5.32 Å². The minimum atomic E-state index is -4.67. The van der Waals surface area contributed by atoms with E-state index >= 15 is 0 Å². The first-order valence-corrected chi connectivity index (χ1v) is 6.64. The Hall–Kier alpha value is -0.860. The van der Waals surface area contributed by atoms with Crippen molar-refractivity contribution in [2.75, 3.05) is 6.61 Å². The summed E-state index contributed by atoms with van der Waals surface area (Å²) in [4.78, 5) is 10.7. The monoisotopic (exact) mass is 319 g/mol. The normalized spacial score (nSPS) is 33.9. The molecule has 1 aliphatic heterocycles. The first-order valence-electron chi connectivity index (χ1n) is 5.25. The Morgan fingerprint density at radius 3 is 2.00 bits per heavy atom. The van der Waals surface area contributed by atoms with Crippen LogP contribution in [0.4, 0.5) is 0 Å². The second kappa shape index (κ2) is 7.80. The highest BCUT2D eigenvalue weighted by molar-refractivity contribution is 7.79. The molecule has 1 unspecified atom stereocenters. The van der Waals surface area contributed by atoms with Crippen LogP contribution in [0.25, 0.3) is 0 Å². The highest BCUT2D eigenvalue weighted by atomic mass is 32.3. The summed E-state index contributed by atoms with van der Waals surface area (Å²) >= 11 is 0. The minimum absolute atomic E-state index is 0.462. The molecule has 1 amide bonds. The van der Waals surface area contributed by atoms with Gasteiger partial charge in [-0.25, -0.2) is 0 Å². The van der Waals surface area contributed by atoms with Crippen molar-refractivity contribution in [1.29, 1.82) is 0 Å². The van der Waals surface area contributed by atoms with Crippen LogP contribution in [0.1, 0.15) is 6.92 Å². The van der Waals surface area contributed by atoms with Gasteiger partial charge in [-0.15, -0.1) is 0 Å². The number of amides is 1. The summed E-state index contributed by atoms with van der Waals surface area (Å²) < 4.78 is 36.4. The molecular formula is C8H17NO10S. The zero-order chi connectivity index (χ0) is 16.1. The van der Waals surface area contributed by atoms with Crippen LogP contribution in [0.2, 0.25) is 0 Å². The summed E-state index contributed by atoms with van der Waals surface area (Å²) in [5.41, 5.74) is 0. The first-order chi connectivity index (χ1) is 8.97. The number of aliphatic hydroxyl groups is 4. The van der Waals surface area contributed by atoms with Crippen molar-refractivity contribution in [2.24, 2.45) is 0 Å². The molecule has 0 aromatic carbocycles. The average molecular weight is 319 g/mol. The topological polar surface area (TPSA) is 194 Å². The molecule has 120 valence electrons. The van der Waals surface area contributed by atoms with E-state index in [1.54, 1.807) is 0 Å². The Labute approximate surface area is 114 Å². The van der Waals surface area contributed by atoms with Gasteiger partial charge in [-0.2, -0.15) is 8.42 Å². The standard InChI is InChI=1S/C8H15NO6.H2O4S/c1-3(11)9-5-7(13)6(12)4(2-10)15-8(5)14;1-5(2,3)4/h4-8,10,12-14H,2H2,1H3,(H,9,11);(H2,1,2,3,4)/t4-,5+,6-,7-,8?;/m1./s1. The van der Waals surface area contributed by atoms with Crippen LogP contribution in [0, 0.1) is 0 Å². The molecule has 11 nitrogen and oxygen atoms in total. The maximum atomic E-state index is 10.7. The van der Waals surface area contributed by atoms with Crippen LogP contribution >= 0.6 is 0 Å². The van der Waals surface area contributed by atoms with Crippen LogP contribution in [0.15, 0.2) is 0 Å². The predicted molar refractivity (Wildman–Crippen MR) is 61.8 cm³/mol. The lowest BCUT2D eigenvalue weighted by molar-refractivity contribution is -0.253. The molecule has 0 aromatic rings. The van der Waals surface area contributed by atoms with E-state index in [4.69, 9.17) is 27.4 Å². The number of rotatable bonds is 2. The summed E-state index contributed by atoms with van der Waals surface area (Å²) in [5.74, 6) is -0.462. The van der Waals surface area contributed by atoms with Crippen LogP contribution in [-0.4, -0.2) is 81.1 Å². The number of hydrogen-bond donors (Lipinski definition) is 7. The number of carbonyl (C=O) groups excluding carboxylic acids is 1. The SMILES string of the molecule is CC(=O)N[C@@H]1C(O)O[C@H](CO)[C@@H](O)[C@@H]1O.O=S(=O)(O)O. The van der Waals surface area contributed by atoms with Crippen molar-refractivity contribution in [1.82, 2.24) is 5.32 Å². The molecule has 1 fully saturated rings. The molecule has 0 aromatic heterocycles. The molecule has 5 atom stereocenters. The van der Waals surface area contributed by atoms with E-state index in [0.717, 1.165) is 0 Å². The number of hydrogen-bond acceptors (Lipinski definition) is 8. The number of ether oxygens (including phenoxy) is 1. The van der Waals surface area contributed by atoms with Gasteiger partial charge in [0.15, 0.2) is 6.29 Å². The summed E-state index contributed by atoms with van der Waals surface area (Å²) in [6, 6.07) is -1.10. The molecule has 20 heavy (non-hydrogen) atoms. The molecular weight excluding hydrogens is 302 g/mol. The van der Waals surface area contributed by atoms with Crippen molar-refractivity contribution in [2.45, 2.75) is 37.6 Å². The Kier molecular flexibility index (Phi) is 7.46. The summed E-state index contributed by atoms with van der Waals surface area (Å²) in [6.45, 7) is 0.687. The quantitative estimate of drug-likeness (QED) is 0.249. The first kappa shape index (κ1) is 19.1. The van der Waals surface area contributed by atoms with E-state index in [2.05, 4.69) is 5.32 Å². The van der Waals surface area contributed by atoms with Gasteiger partial charge in [0, 0.05) is 6.92 Å². The van der Waals surface area contributed by atoms with Gasteiger partial charge in [-0.1, -0.05) is 0 Å². The molecule has 12 heteroatoms. The van der Waals surface area contributed by atoms with E-state index < -0.39 is 53.6 Å². The Bertz CT molecular complexity index is 403.